The van der Waals surface area contributed by atoms with Gasteiger partial charge in [-0.05, 0) is 56.2 Å². The molecule has 4 rings (SSSR count). The average molecular weight is 437 g/mol. The van der Waals surface area contributed by atoms with Gasteiger partial charge in [-0.3, -0.25) is 9.48 Å². The molecule has 29 heavy (non-hydrogen) atoms. The molecule has 0 spiro atoms. The van der Waals surface area contributed by atoms with Crippen molar-refractivity contribution in [3.05, 3.63) is 62.7 Å². The molecule has 2 heterocycles. The quantitative estimate of drug-likeness (QED) is 0.511. The van der Waals surface area contributed by atoms with Crippen molar-refractivity contribution in [3.8, 4) is 28.4 Å². The molecule has 0 atom stereocenters. The fraction of sp³-hybridized carbons (Fsp3) is 0.286. The van der Waals surface area contributed by atoms with Crippen LogP contribution in [0.5, 0.6) is 17.2 Å². The van der Waals surface area contributed by atoms with Gasteiger partial charge in [-0.2, -0.15) is 0 Å². The second-order valence-electron chi connectivity index (χ2n) is 6.69. The zero-order valence-corrected chi connectivity index (χ0v) is 17.3. The van der Waals surface area contributed by atoms with Gasteiger partial charge in [-0.25, -0.2) is 9.07 Å². The van der Waals surface area contributed by atoms with Crippen molar-refractivity contribution in [2.45, 2.75) is 32.9 Å². The Morgan fingerprint density at radius 1 is 1.03 bits per heavy atom. The predicted octanol–water partition coefficient (Wildman–Crippen LogP) is 5.75. The summed E-state index contributed by atoms with van der Waals surface area (Å²) in [6.45, 7) is 3.64. The first kappa shape index (κ1) is 19.9. The van der Waals surface area contributed by atoms with Gasteiger partial charge in [-0.1, -0.05) is 23.2 Å². The SMILES string of the molecule is CCOc1ccc(Oc2cc(-c3c(Cl)n4n(c3=O)CCCC4)c(F)cc2Cl)cc1. The molecule has 0 fully saturated rings. The predicted molar refractivity (Wildman–Crippen MR) is 111 cm³/mol. The van der Waals surface area contributed by atoms with Crippen molar-refractivity contribution in [3.63, 3.8) is 0 Å². The molecule has 2 aromatic carbocycles. The molecule has 0 saturated heterocycles. The van der Waals surface area contributed by atoms with Crippen LogP contribution < -0.4 is 15.0 Å². The molecule has 0 aliphatic carbocycles. The van der Waals surface area contributed by atoms with E-state index in [0.717, 1.165) is 18.9 Å². The fourth-order valence-corrected chi connectivity index (χ4v) is 4.00. The number of fused-ring (bicyclic) bond motifs is 1. The second kappa shape index (κ2) is 8.13. The maximum atomic E-state index is 14.7. The van der Waals surface area contributed by atoms with Crippen molar-refractivity contribution in [1.29, 1.82) is 0 Å². The monoisotopic (exact) mass is 436 g/mol. The van der Waals surface area contributed by atoms with E-state index in [1.807, 2.05) is 6.92 Å². The zero-order valence-electron chi connectivity index (χ0n) is 15.8. The van der Waals surface area contributed by atoms with E-state index < -0.39 is 5.82 Å². The molecule has 3 aromatic rings. The van der Waals surface area contributed by atoms with Gasteiger partial charge in [0, 0.05) is 18.7 Å². The molecule has 1 aliphatic heterocycles. The van der Waals surface area contributed by atoms with E-state index in [1.54, 1.807) is 33.6 Å². The molecule has 1 aliphatic rings. The highest BCUT2D eigenvalue weighted by Crippen LogP contribution is 2.37. The van der Waals surface area contributed by atoms with Gasteiger partial charge in [0.15, 0.2) is 0 Å². The molecular formula is C21H19Cl2FN2O3. The van der Waals surface area contributed by atoms with Crippen LogP contribution in [0.1, 0.15) is 19.8 Å². The summed E-state index contributed by atoms with van der Waals surface area (Å²) in [5.74, 6) is 0.824. The number of ether oxygens (including phenoxy) is 2. The van der Waals surface area contributed by atoms with Crippen LogP contribution in [0.2, 0.25) is 10.2 Å². The summed E-state index contributed by atoms with van der Waals surface area (Å²) in [6.07, 6.45) is 1.80. The zero-order chi connectivity index (χ0) is 20.5. The van der Waals surface area contributed by atoms with Crippen molar-refractivity contribution in [2.75, 3.05) is 6.61 Å². The summed E-state index contributed by atoms with van der Waals surface area (Å²) >= 11 is 12.6. The fourth-order valence-electron chi connectivity index (χ4n) is 3.45. The van der Waals surface area contributed by atoms with E-state index in [0.29, 0.717) is 31.2 Å². The molecule has 0 saturated carbocycles. The minimum absolute atomic E-state index is 0.0692. The molecule has 0 amide bonds. The smallest absolute Gasteiger partial charge is 0.276 e. The first-order valence-electron chi connectivity index (χ1n) is 9.38. The largest absolute Gasteiger partial charge is 0.494 e. The Hall–Kier alpha value is -2.44. The van der Waals surface area contributed by atoms with E-state index >= 15 is 0 Å². The summed E-state index contributed by atoms with van der Waals surface area (Å²) in [6, 6.07) is 9.54. The van der Waals surface area contributed by atoms with Crippen LogP contribution in [-0.4, -0.2) is 16.0 Å². The van der Waals surface area contributed by atoms with Gasteiger partial charge < -0.3 is 9.47 Å². The number of halogens is 3. The number of aromatic nitrogens is 2. The van der Waals surface area contributed by atoms with Gasteiger partial charge in [0.05, 0.1) is 17.2 Å². The molecule has 8 heteroatoms. The Kier molecular flexibility index (Phi) is 5.56. The van der Waals surface area contributed by atoms with E-state index in [4.69, 9.17) is 32.7 Å². The Bertz CT molecular complexity index is 1110. The second-order valence-corrected chi connectivity index (χ2v) is 7.46. The van der Waals surface area contributed by atoms with Crippen LogP contribution in [0, 0.1) is 5.82 Å². The maximum absolute atomic E-state index is 14.7. The van der Waals surface area contributed by atoms with Crippen LogP contribution in [-0.2, 0) is 13.1 Å². The summed E-state index contributed by atoms with van der Waals surface area (Å²) in [7, 11) is 0. The third kappa shape index (κ3) is 3.74. The minimum atomic E-state index is -0.628. The number of benzene rings is 2. The molecule has 0 radical (unpaired) electrons. The standard InChI is InChI=1S/C21H19Cl2FN2O3/c1-2-28-13-5-7-14(8-6-13)29-18-11-15(17(24)12-16(18)22)19-20(23)25-9-3-4-10-26(25)21(19)27/h5-8,11-12H,2-4,9-10H2,1H3. The van der Waals surface area contributed by atoms with E-state index in [1.165, 1.54) is 6.07 Å². The summed E-state index contributed by atoms with van der Waals surface area (Å²) in [5, 5.41) is 0.322. The Balaban J connectivity index is 1.73. The number of hydrogen-bond acceptors (Lipinski definition) is 3. The molecule has 0 unspecified atom stereocenters. The lowest BCUT2D eigenvalue weighted by Crippen LogP contribution is -2.27. The number of hydrogen-bond donors (Lipinski definition) is 0. The van der Waals surface area contributed by atoms with Crippen LogP contribution in [0.3, 0.4) is 0 Å². The van der Waals surface area contributed by atoms with Gasteiger partial charge in [-0.15, -0.1) is 0 Å². The highest BCUT2D eigenvalue weighted by atomic mass is 35.5. The van der Waals surface area contributed by atoms with Crippen LogP contribution in [0.25, 0.3) is 11.1 Å². The highest BCUT2D eigenvalue weighted by molar-refractivity contribution is 6.33. The van der Waals surface area contributed by atoms with Gasteiger partial charge in [0.1, 0.15) is 28.2 Å². The third-order valence-corrected chi connectivity index (χ3v) is 5.50. The van der Waals surface area contributed by atoms with Gasteiger partial charge in [0.25, 0.3) is 5.56 Å². The molecule has 1 aromatic heterocycles. The van der Waals surface area contributed by atoms with E-state index in [2.05, 4.69) is 0 Å². The van der Waals surface area contributed by atoms with Crippen LogP contribution in [0.4, 0.5) is 4.39 Å². The summed E-state index contributed by atoms with van der Waals surface area (Å²) in [4.78, 5) is 12.8. The average Bonchev–Trinajstić information content (AvgIpc) is 2.97. The Morgan fingerprint density at radius 3 is 2.34 bits per heavy atom. The normalized spacial score (nSPS) is 13.2. The summed E-state index contributed by atoms with van der Waals surface area (Å²) < 4.78 is 29.2. The van der Waals surface area contributed by atoms with Crippen LogP contribution >= 0.6 is 23.2 Å². The number of rotatable bonds is 5. The maximum Gasteiger partial charge on any atom is 0.276 e. The molecule has 0 N–H and O–H groups in total. The van der Waals surface area contributed by atoms with E-state index in [-0.39, 0.29) is 32.6 Å². The first-order valence-corrected chi connectivity index (χ1v) is 10.1. The highest BCUT2D eigenvalue weighted by Gasteiger charge is 2.25. The molecule has 152 valence electrons. The van der Waals surface area contributed by atoms with Crippen molar-refractivity contribution >= 4 is 23.2 Å². The van der Waals surface area contributed by atoms with Crippen molar-refractivity contribution < 1.29 is 13.9 Å². The summed E-state index contributed by atoms with van der Waals surface area (Å²) in [5.41, 5.74) is -0.123. The van der Waals surface area contributed by atoms with Gasteiger partial charge in [0.2, 0.25) is 0 Å². The first-order chi connectivity index (χ1) is 14.0. The molecule has 5 nitrogen and oxygen atoms in total. The third-order valence-electron chi connectivity index (χ3n) is 4.82. The van der Waals surface area contributed by atoms with Crippen molar-refractivity contribution in [1.82, 2.24) is 9.36 Å². The van der Waals surface area contributed by atoms with Crippen molar-refractivity contribution in [2.24, 2.45) is 0 Å². The molecule has 0 bridgehead atoms. The lowest BCUT2D eigenvalue weighted by atomic mass is 10.1. The lowest BCUT2D eigenvalue weighted by Gasteiger charge is -2.17. The Morgan fingerprint density at radius 2 is 1.69 bits per heavy atom. The topological polar surface area (TPSA) is 45.4 Å². The lowest BCUT2D eigenvalue weighted by molar-refractivity contribution is 0.339. The van der Waals surface area contributed by atoms with E-state index in [9.17, 15) is 9.18 Å². The minimum Gasteiger partial charge on any atom is -0.494 e. The Labute approximate surface area is 177 Å². The van der Waals surface area contributed by atoms with Crippen LogP contribution in [0.15, 0.2) is 41.2 Å². The van der Waals surface area contributed by atoms with Gasteiger partial charge >= 0.3 is 0 Å². The molecular weight excluding hydrogens is 418 g/mol. The number of nitrogens with zero attached hydrogens (tertiary/aromatic N) is 2.